The molecule has 4 heteroatoms. The van der Waals surface area contributed by atoms with Crippen LogP contribution in [0.25, 0.3) is 0 Å². The van der Waals surface area contributed by atoms with Crippen LogP contribution in [-0.2, 0) is 0 Å². The molecule has 0 aromatic carbocycles. The maximum atomic E-state index is 11.0. The summed E-state index contributed by atoms with van der Waals surface area (Å²) in [7, 11) is 0. The van der Waals surface area contributed by atoms with Gasteiger partial charge in [-0.15, -0.1) is 0 Å². The lowest BCUT2D eigenvalue weighted by atomic mass is 10.2. The quantitative estimate of drug-likeness (QED) is 0.861. The highest BCUT2D eigenvalue weighted by Gasteiger charge is 2.17. The molecule has 1 aromatic rings. The number of carboxylic acid groups (broad SMARTS) is 1. The smallest absolute Gasteiger partial charge is 0.337 e. The molecule has 0 radical (unpaired) electrons. The maximum absolute atomic E-state index is 11.0. The van der Waals surface area contributed by atoms with E-state index in [0.29, 0.717) is 11.6 Å². The van der Waals surface area contributed by atoms with E-state index in [4.69, 9.17) is 5.11 Å². The molecule has 0 fully saturated rings. The number of hydrogen-bond acceptors (Lipinski definition) is 2. The van der Waals surface area contributed by atoms with Gasteiger partial charge in [0.05, 0.1) is 5.56 Å². The summed E-state index contributed by atoms with van der Waals surface area (Å²) >= 11 is 1.88. The molecule has 0 aliphatic carbocycles. The zero-order valence-electron chi connectivity index (χ0n) is 10.3. The number of carboxylic acids is 1. The van der Waals surface area contributed by atoms with Gasteiger partial charge in [-0.25, -0.2) is 4.79 Å². The van der Waals surface area contributed by atoms with Crippen molar-refractivity contribution in [3.05, 3.63) is 23.0 Å². The van der Waals surface area contributed by atoms with Crippen molar-refractivity contribution in [2.75, 3.05) is 11.5 Å². The number of rotatable bonds is 5. The zero-order chi connectivity index (χ0) is 12.3. The average Bonchev–Trinajstić information content (AvgIpc) is 2.51. The topological polar surface area (TPSA) is 42.2 Å². The molecule has 0 saturated carbocycles. The van der Waals surface area contributed by atoms with Gasteiger partial charge in [0.2, 0.25) is 0 Å². The molecule has 1 N–H and O–H groups in total. The Balaban J connectivity index is 2.99. The molecular weight excluding hydrogens is 222 g/mol. The van der Waals surface area contributed by atoms with Crippen molar-refractivity contribution in [2.45, 2.75) is 33.7 Å². The summed E-state index contributed by atoms with van der Waals surface area (Å²) in [6, 6.07) is 2.10. The Kier molecular flexibility index (Phi) is 4.47. The highest BCUT2D eigenvalue weighted by Crippen LogP contribution is 2.22. The molecule has 3 nitrogen and oxygen atoms in total. The van der Waals surface area contributed by atoms with E-state index in [1.807, 2.05) is 25.6 Å². The minimum absolute atomic E-state index is 0.345. The van der Waals surface area contributed by atoms with Crippen LogP contribution in [0, 0.1) is 13.8 Å². The Bertz CT molecular complexity index is 385. The molecule has 1 atom stereocenters. The summed E-state index contributed by atoms with van der Waals surface area (Å²) in [5.74, 6) is 1.27. The Morgan fingerprint density at radius 2 is 2.19 bits per heavy atom. The lowest BCUT2D eigenvalue weighted by Crippen LogP contribution is -2.12. The SMILES string of the molecule is CCSCC(C)n1c(C)cc(C(=O)O)c1C. The predicted octanol–water partition coefficient (Wildman–Crippen LogP) is 3.12. The van der Waals surface area contributed by atoms with Crippen LogP contribution in [0.4, 0.5) is 0 Å². The summed E-state index contributed by atoms with van der Waals surface area (Å²) in [5.41, 5.74) is 2.30. The second-order valence-corrected chi connectivity index (χ2v) is 5.29. The first-order chi connectivity index (χ1) is 7.49. The highest BCUT2D eigenvalue weighted by atomic mass is 32.2. The molecule has 0 saturated heterocycles. The van der Waals surface area contributed by atoms with Gasteiger partial charge in [-0.05, 0) is 32.6 Å². The number of aryl methyl sites for hydroxylation is 1. The van der Waals surface area contributed by atoms with Gasteiger partial charge < -0.3 is 9.67 Å². The number of carbonyl (C=O) groups is 1. The minimum Gasteiger partial charge on any atom is -0.478 e. The van der Waals surface area contributed by atoms with Gasteiger partial charge in [0.25, 0.3) is 0 Å². The van der Waals surface area contributed by atoms with Crippen LogP contribution < -0.4 is 0 Å². The Morgan fingerprint density at radius 1 is 1.56 bits per heavy atom. The van der Waals surface area contributed by atoms with E-state index >= 15 is 0 Å². The fourth-order valence-corrected chi connectivity index (χ4v) is 2.76. The van der Waals surface area contributed by atoms with E-state index in [2.05, 4.69) is 18.4 Å². The van der Waals surface area contributed by atoms with Gasteiger partial charge in [0.15, 0.2) is 0 Å². The average molecular weight is 241 g/mol. The molecule has 0 bridgehead atoms. The number of nitrogens with zero attached hydrogens (tertiary/aromatic N) is 1. The van der Waals surface area contributed by atoms with E-state index in [1.165, 1.54) is 0 Å². The van der Waals surface area contributed by atoms with Crippen LogP contribution in [0.1, 0.15) is 41.6 Å². The summed E-state index contributed by atoms with van der Waals surface area (Å²) < 4.78 is 2.12. The van der Waals surface area contributed by atoms with E-state index < -0.39 is 5.97 Å². The van der Waals surface area contributed by atoms with Crippen molar-refractivity contribution in [1.82, 2.24) is 4.57 Å². The van der Waals surface area contributed by atoms with E-state index in [-0.39, 0.29) is 0 Å². The van der Waals surface area contributed by atoms with Gasteiger partial charge in [-0.3, -0.25) is 0 Å². The third-order valence-electron chi connectivity index (χ3n) is 2.72. The van der Waals surface area contributed by atoms with Gasteiger partial charge >= 0.3 is 5.97 Å². The van der Waals surface area contributed by atoms with Gasteiger partial charge in [-0.1, -0.05) is 6.92 Å². The maximum Gasteiger partial charge on any atom is 0.337 e. The molecule has 0 aliphatic rings. The third kappa shape index (κ3) is 2.61. The van der Waals surface area contributed by atoms with Crippen LogP contribution in [-0.4, -0.2) is 27.1 Å². The molecule has 0 spiro atoms. The van der Waals surface area contributed by atoms with Crippen molar-refractivity contribution < 1.29 is 9.90 Å². The number of aromatic carboxylic acids is 1. The largest absolute Gasteiger partial charge is 0.478 e. The van der Waals surface area contributed by atoms with Crippen LogP contribution in [0.2, 0.25) is 0 Å². The van der Waals surface area contributed by atoms with Crippen molar-refractivity contribution in [3.8, 4) is 0 Å². The minimum atomic E-state index is -0.838. The third-order valence-corrected chi connectivity index (χ3v) is 3.85. The van der Waals surface area contributed by atoms with Crippen LogP contribution in [0.5, 0.6) is 0 Å². The first-order valence-corrected chi connectivity index (χ1v) is 6.64. The fourth-order valence-electron chi connectivity index (χ4n) is 2.03. The molecule has 0 aliphatic heterocycles. The van der Waals surface area contributed by atoms with Crippen molar-refractivity contribution in [3.63, 3.8) is 0 Å². The van der Waals surface area contributed by atoms with Crippen LogP contribution in [0.3, 0.4) is 0 Å². The summed E-state index contributed by atoms with van der Waals surface area (Å²) in [6.45, 7) is 8.11. The monoisotopic (exact) mass is 241 g/mol. The van der Waals surface area contributed by atoms with E-state index in [1.54, 1.807) is 6.07 Å². The molecular formula is C12H19NO2S. The second kappa shape index (κ2) is 5.43. The summed E-state index contributed by atoms with van der Waals surface area (Å²) in [4.78, 5) is 11.0. The van der Waals surface area contributed by atoms with E-state index in [0.717, 1.165) is 22.9 Å². The number of thioether (sulfide) groups is 1. The Hall–Kier alpha value is -0.900. The second-order valence-electron chi connectivity index (χ2n) is 3.97. The number of hydrogen-bond donors (Lipinski definition) is 1. The Labute approximate surface area is 101 Å². The van der Waals surface area contributed by atoms with Crippen molar-refractivity contribution in [2.24, 2.45) is 0 Å². The molecule has 1 unspecified atom stereocenters. The zero-order valence-corrected chi connectivity index (χ0v) is 11.1. The lowest BCUT2D eigenvalue weighted by Gasteiger charge is -2.17. The van der Waals surface area contributed by atoms with E-state index in [9.17, 15) is 4.79 Å². The van der Waals surface area contributed by atoms with Gasteiger partial charge in [-0.2, -0.15) is 11.8 Å². The molecule has 0 amide bonds. The lowest BCUT2D eigenvalue weighted by molar-refractivity contribution is 0.0696. The normalized spacial score (nSPS) is 12.8. The standard InChI is InChI=1S/C12H19NO2S/c1-5-16-7-9(3)13-8(2)6-11(10(13)4)12(14)15/h6,9H,5,7H2,1-4H3,(H,14,15). The highest BCUT2D eigenvalue weighted by molar-refractivity contribution is 7.99. The van der Waals surface area contributed by atoms with Crippen molar-refractivity contribution in [1.29, 1.82) is 0 Å². The number of aromatic nitrogens is 1. The van der Waals surface area contributed by atoms with Crippen LogP contribution in [0.15, 0.2) is 6.07 Å². The van der Waals surface area contributed by atoms with Gasteiger partial charge in [0, 0.05) is 23.2 Å². The van der Waals surface area contributed by atoms with Gasteiger partial charge in [0.1, 0.15) is 0 Å². The Morgan fingerprint density at radius 3 is 2.62 bits per heavy atom. The summed E-state index contributed by atoms with van der Waals surface area (Å²) in [6.07, 6.45) is 0. The molecule has 16 heavy (non-hydrogen) atoms. The first-order valence-electron chi connectivity index (χ1n) is 5.48. The first kappa shape index (κ1) is 13.2. The fraction of sp³-hybridized carbons (Fsp3) is 0.583. The molecule has 1 rings (SSSR count). The predicted molar refractivity (Wildman–Crippen MR) is 68.6 cm³/mol. The summed E-state index contributed by atoms with van der Waals surface area (Å²) in [5, 5.41) is 9.04. The molecule has 1 heterocycles. The molecule has 90 valence electrons. The molecule has 1 aromatic heterocycles. The van der Waals surface area contributed by atoms with Crippen molar-refractivity contribution >= 4 is 17.7 Å². The van der Waals surface area contributed by atoms with Crippen LogP contribution >= 0.6 is 11.8 Å².